The Balaban J connectivity index is 2.24. The molecule has 0 atom stereocenters. The summed E-state index contributed by atoms with van der Waals surface area (Å²) in [6.07, 6.45) is 5.19. The average molecular weight is 204 g/mol. The third-order valence-electron chi connectivity index (χ3n) is 1.74. The van der Waals surface area contributed by atoms with Gasteiger partial charge in [0.2, 0.25) is 0 Å². The van der Waals surface area contributed by atoms with Crippen molar-refractivity contribution in [3.63, 3.8) is 0 Å². The zero-order valence-corrected chi connectivity index (χ0v) is 7.66. The van der Waals surface area contributed by atoms with Gasteiger partial charge in [0.05, 0.1) is 30.0 Å². The minimum atomic E-state index is -1.11. The van der Waals surface area contributed by atoms with Crippen molar-refractivity contribution < 1.29 is 9.90 Å². The molecule has 6 nitrogen and oxygen atoms in total. The third-order valence-corrected chi connectivity index (χ3v) is 1.74. The first kappa shape index (κ1) is 9.20. The molecule has 0 saturated heterocycles. The van der Waals surface area contributed by atoms with Crippen molar-refractivity contribution in [1.29, 1.82) is 0 Å². The van der Waals surface area contributed by atoms with Crippen LogP contribution in [0.4, 0.5) is 10.5 Å². The van der Waals surface area contributed by atoms with Gasteiger partial charge in [0.25, 0.3) is 0 Å². The number of aromatic nitrogens is 3. The highest BCUT2D eigenvalue weighted by molar-refractivity contribution is 5.82. The first-order valence-corrected chi connectivity index (χ1v) is 4.21. The predicted octanol–water partition coefficient (Wildman–Crippen LogP) is 1.36. The van der Waals surface area contributed by atoms with Gasteiger partial charge < -0.3 is 5.11 Å². The van der Waals surface area contributed by atoms with Gasteiger partial charge >= 0.3 is 6.09 Å². The zero-order chi connectivity index (χ0) is 10.7. The van der Waals surface area contributed by atoms with Crippen LogP contribution in [0, 0.1) is 0 Å². The quantitative estimate of drug-likeness (QED) is 0.773. The molecule has 2 N–H and O–H groups in total. The standard InChI is InChI=1S/C9H8N4O2/c14-9(15)12-7-4-11-13(6-7)8-2-1-3-10-5-8/h1-6,12H,(H,14,15). The summed E-state index contributed by atoms with van der Waals surface area (Å²) in [5, 5.41) is 14.7. The molecule has 2 aromatic heterocycles. The summed E-state index contributed by atoms with van der Waals surface area (Å²) in [6, 6.07) is 3.60. The van der Waals surface area contributed by atoms with Crippen LogP contribution < -0.4 is 5.32 Å². The van der Waals surface area contributed by atoms with E-state index in [0.717, 1.165) is 5.69 Å². The Bertz CT molecular complexity index is 466. The molecular weight excluding hydrogens is 196 g/mol. The van der Waals surface area contributed by atoms with E-state index in [9.17, 15) is 4.79 Å². The van der Waals surface area contributed by atoms with E-state index in [0.29, 0.717) is 5.69 Å². The van der Waals surface area contributed by atoms with Crippen LogP contribution in [0.15, 0.2) is 36.9 Å². The molecule has 2 rings (SSSR count). The fourth-order valence-corrected chi connectivity index (χ4v) is 1.14. The number of hydrogen-bond acceptors (Lipinski definition) is 3. The molecule has 0 spiro atoms. The van der Waals surface area contributed by atoms with Gasteiger partial charge in [-0.2, -0.15) is 5.10 Å². The number of nitrogens with one attached hydrogen (secondary N) is 1. The Morgan fingerprint density at radius 2 is 2.33 bits per heavy atom. The minimum absolute atomic E-state index is 0.423. The largest absolute Gasteiger partial charge is 0.465 e. The molecule has 76 valence electrons. The SMILES string of the molecule is O=C(O)Nc1cnn(-c2cccnc2)c1. The van der Waals surface area contributed by atoms with E-state index < -0.39 is 6.09 Å². The first-order chi connectivity index (χ1) is 7.25. The average Bonchev–Trinajstić information content (AvgIpc) is 2.67. The molecular formula is C9H8N4O2. The molecule has 0 aliphatic rings. The molecule has 0 aromatic carbocycles. The van der Waals surface area contributed by atoms with Gasteiger partial charge in [-0.3, -0.25) is 10.3 Å². The monoisotopic (exact) mass is 204 g/mol. The molecule has 1 amide bonds. The van der Waals surface area contributed by atoms with Gasteiger partial charge in [0.15, 0.2) is 0 Å². The van der Waals surface area contributed by atoms with Gasteiger partial charge in [0, 0.05) is 6.20 Å². The topological polar surface area (TPSA) is 80.0 Å². The molecule has 15 heavy (non-hydrogen) atoms. The highest BCUT2D eigenvalue weighted by Gasteiger charge is 2.02. The summed E-state index contributed by atoms with van der Waals surface area (Å²) in [6.45, 7) is 0. The van der Waals surface area contributed by atoms with Crippen LogP contribution >= 0.6 is 0 Å². The molecule has 0 unspecified atom stereocenters. The lowest BCUT2D eigenvalue weighted by Crippen LogP contribution is -2.06. The lowest BCUT2D eigenvalue weighted by molar-refractivity contribution is 0.210. The van der Waals surface area contributed by atoms with Crippen LogP contribution in [0.25, 0.3) is 5.69 Å². The lowest BCUT2D eigenvalue weighted by atomic mass is 10.4. The van der Waals surface area contributed by atoms with Crippen molar-refractivity contribution in [1.82, 2.24) is 14.8 Å². The number of hydrogen-bond donors (Lipinski definition) is 2. The van der Waals surface area contributed by atoms with Crippen molar-refractivity contribution in [2.45, 2.75) is 0 Å². The Labute approximate surface area is 85.2 Å². The van der Waals surface area contributed by atoms with Crippen LogP contribution in [-0.4, -0.2) is 26.0 Å². The maximum atomic E-state index is 10.4. The van der Waals surface area contributed by atoms with Gasteiger partial charge in [-0.25, -0.2) is 9.48 Å². The van der Waals surface area contributed by atoms with E-state index in [2.05, 4.69) is 15.4 Å². The zero-order valence-electron chi connectivity index (χ0n) is 7.66. The number of pyridine rings is 1. The van der Waals surface area contributed by atoms with Crippen molar-refractivity contribution in [3.8, 4) is 5.69 Å². The molecule has 0 aliphatic heterocycles. The molecule has 0 radical (unpaired) electrons. The first-order valence-electron chi connectivity index (χ1n) is 4.21. The number of carbonyl (C=O) groups is 1. The molecule has 6 heteroatoms. The van der Waals surface area contributed by atoms with E-state index in [4.69, 9.17) is 5.11 Å². The maximum absolute atomic E-state index is 10.4. The second kappa shape index (κ2) is 3.79. The van der Waals surface area contributed by atoms with Crippen LogP contribution in [0.1, 0.15) is 0 Å². The van der Waals surface area contributed by atoms with Crippen molar-refractivity contribution in [2.75, 3.05) is 5.32 Å². The summed E-state index contributed by atoms with van der Waals surface area (Å²) in [7, 11) is 0. The second-order valence-electron chi connectivity index (χ2n) is 2.81. The summed E-state index contributed by atoms with van der Waals surface area (Å²) in [5.74, 6) is 0. The van der Waals surface area contributed by atoms with E-state index >= 15 is 0 Å². The number of carboxylic acid groups (broad SMARTS) is 1. The molecule has 0 saturated carbocycles. The molecule has 2 heterocycles. The van der Waals surface area contributed by atoms with Gasteiger partial charge in [0.1, 0.15) is 0 Å². The predicted molar refractivity (Wildman–Crippen MR) is 53.0 cm³/mol. The number of rotatable bonds is 2. The van der Waals surface area contributed by atoms with Crippen LogP contribution in [-0.2, 0) is 0 Å². The number of anilines is 1. The highest BCUT2D eigenvalue weighted by Crippen LogP contribution is 2.09. The third kappa shape index (κ3) is 2.11. The van der Waals surface area contributed by atoms with Crippen molar-refractivity contribution >= 4 is 11.8 Å². The Morgan fingerprint density at radius 1 is 1.47 bits per heavy atom. The van der Waals surface area contributed by atoms with Crippen LogP contribution in [0.2, 0.25) is 0 Å². The van der Waals surface area contributed by atoms with E-state index in [-0.39, 0.29) is 0 Å². The molecule has 2 aromatic rings. The van der Waals surface area contributed by atoms with Crippen LogP contribution in [0.3, 0.4) is 0 Å². The smallest absolute Gasteiger partial charge is 0.409 e. The van der Waals surface area contributed by atoms with Crippen LogP contribution in [0.5, 0.6) is 0 Å². The van der Waals surface area contributed by atoms with Gasteiger partial charge in [-0.1, -0.05) is 0 Å². The van der Waals surface area contributed by atoms with Gasteiger partial charge in [-0.15, -0.1) is 0 Å². The molecule has 0 aliphatic carbocycles. The van der Waals surface area contributed by atoms with Crippen molar-refractivity contribution in [3.05, 3.63) is 36.9 Å². The Kier molecular flexibility index (Phi) is 2.32. The Morgan fingerprint density at radius 3 is 3.00 bits per heavy atom. The summed E-state index contributed by atoms with van der Waals surface area (Å²) >= 11 is 0. The Hall–Kier alpha value is -2.37. The lowest BCUT2D eigenvalue weighted by Gasteiger charge is -1.98. The van der Waals surface area contributed by atoms with Gasteiger partial charge in [-0.05, 0) is 12.1 Å². The fraction of sp³-hybridized carbons (Fsp3) is 0. The highest BCUT2D eigenvalue weighted by atomic mass is 16.4. The second-order valence-corrected chi connectivity index (χ2v) is 2.81. The van der Waals surface area contributed by atoms with E-state index in [1.807, 2.05) is 6.07 Å². The number of nitrogens with zero attached hydrogens (tertiary/aromatic N) is 3. The number of amides is 1. The minimum Gasteiger partial charge on any atom is -0.465 e. The normalized spacial score (nSPS) is 9.87. The fourth-order valence-electron chi connectivity index (χ4n) is 1.14. The summed E-state index contributed by atoms with van der Waals surface area (Å²) < 4.78 is 1.54. The van der Waals surface area contributed by atoms with Crippen molar-refractivity contribution in [2.24, 2.45) is 0 Å². The summed E-state index contributed by atoms with van der Waals surface area (Å²) in [5.41, 5.74) is 1.20. The van der Waals surface area contributed by atoms with E-state index in [1.165, 1.54) is 10.9 Å². The summed E-state index contributed by atoms with van der Waals surface area (Å²) in [4.78, 5) is 14.3. The molecule has 0 bridgehead atoms. The molecule has 0 fully saturated rings. The van der Waals surface area contributed by atoms with E-state index in [1.54, 1.807) is 24.7 Å². The maximum Gasteiger partial charge on any atom is 0.409 e.